The second-order valence-electron chi connectivity index (χ2n) is 9.20. The molecule has 1 aromatic heterocycles. The molecule has 6 heteroatoms. The predicted molar refractivity (Wildman–Crippen MR) is 126 cm³/mol. The molecule has 0 saturated heterocycles. The van der Waals surface area contributed by atoms with Crippen molar-refractivity contribution < 1.29 is 4.79 Å². The van der Waals surface area contributed by atoms with E-state index in [0.29, 0.717) is 11.5 Å². The zero-order valence-electron chi connectivity index (χ0n) is 18.6. The Balaban J connectivity index is 1.59. The molecule has 164 valence electrons. The number of nitrogens with zero attached hydrogens (tertiary/aromatic N) is 3. The predicted octanol–water partition coefficient (Wildman–Crippen LogP) is 4.26. The maximum absolute atomic E-state index is 12.8. The topological polar surface area (TPSA) is 81.0 Å². The molecule has 3 heterocycles. The lowest BCUT2D eigenvalue weighted by atomic mass is 9.79. The zero-order valence-corrected chi connectivity index (χ0v) is 18.6. The molecule has 1 fully saturated rings. The van der Waals surface area contributed by atoms with Gasteiger partial charge in [-0.25, -0.2) is 4.98 Å². The van der Waals surface area contributed by atoms with Gasteiger partial charge in [-0.3, -0.25) is 4.79 Å². The van der Waals surface area contributed by atoms with E-state index in [2.05, 4.69) is 52.9 Å². The van der Waals surface area contributed by atoms with Crippen LogP contribution in [0.5, 0.6) is 0 Å². The van der Waals surface area contributed by atoms with Gasteiger partial charge in [0.2, 0.25) is 5.91 Å². The van der Waals surface area contributed by atoms with Crippen molar-refractivity contribution >= 4 is 23.0 Å². The van der Waals surface area contributed by atoms with Crippen LogP contribution in [0.2, 0.25) is 0 Å². The molecule has 5 rings (SSSR count). The first-order valence-corrected chi connectivity index (χ1v) is 11.5. The number of fused-ring (bicyclic) bond motifs is 1. The second-order valence-corrected chi connectivity index (χ2v) is 9.20. The van der Waals surface area contributed by atoms with Crippen molar-refractivity contribution in [3.63, 3.8) is 0 Å². The normalized spacial score (nSPS) is 24.8. The van der Waals surface area contributed by atoms with Crippen LogP contribution >= 0.6 is 0 Å². The molecule has 3 atom stereocenters. The molecule has 0 unspecified atom stereocenters. The molecule has 2 aliphatic heterocycles. The molecule has 1 saturated carbocycles. The van der Waals surface area contributed by atoms with Gasteiger partial charge in [0, 0.05) is 37.3 Å². The fourth-order valence-electron chi connectivity index (χ4n) is 5.35. The molecule has 0 radical (unpaired) electrons. The van der Waals surface area contributed by atoms with Crippen LogP contribution in [0.1, 0.15) is 55.8 Å². The number of amides is 1. The number of anilines is 2. The Labute approximate surface area is 189 Å². The van der Waals surface area contributed by atoms with Gasteiger partial charge in [-0.15, -0.1) is 0 Å². The van der Waals surface area contributed by atoms with Crippen LogP contribution in [0, 0.1) is 23.2 Å². The molecule has 3 aliphatic rings. The quantitative estimate of drug-likeness (QED) is 0.762. The minimum Gasteiger partial charge on any atom is -0.363 e. The summed E-state index contributed by atoms with van der Waals surface area (Å²) in [6, 6.07) is 12.6. The number of nitriles is 1. The van der Waals surface area contributed by atoms with E-state index in [-0.39, 0.29) is 23.9 Å². The van der Waals surface area contributed by atoms with Crippen molar-refractivity contribution in [2.24, 2.45) is 11.8 Å². The molecular formula is C26H29N5O. The van der Waals surface area contributed by atoms with Crippen molar-refractivity contribution in [3.8, 4) is 6.07 Å². The van der Waals surface area contributed by atoms with E-state index in [1.165, 1.54) is 24.0 Å². The number of hydrogen-bond donors (Lipinski definition) is 2. The number of aromatic nitrogens is 1. The van der Waals surface area contributed by atoms with Gasteiger partial charge in [-0.05, 0) is 72.7 Å². The first-order valence-electron chi connectivity index (χ1n) is 11.5. The first-order chi connectivity index (χ1) is 15.6. The minimum atomic E-state index is 0.0360. The summed E-state index contributed by atoms with van der Waals surface area (Å²) in [4.78, 5) is 19.3. The van der Waals surface area contributed by atoms with Crippen LogP contribution in [0.25, 0.3) is 5.57 Å². The van der Waals surface area contributed by atoms with E-state index in [0.717, 1.165) is 36.6 Å². The van der Waals surface area contributed by atoms with Crippen molar-refractivity contribution in [1.82, 2.24) is 10.3 Å². The van der Waals surface area contributed by atoms with Crippen LogP contribution in [0.3, 0.4) is 0 Å². The van der Waals surface area contributed by atoms with E-state index in [1.54, 1.807) is 19.2 Å². The highest BCUT2D eigenvalue weighted by molar-refractivity contribution is 5.94. The Bertz CT molecular complexity index is 1100. The molecule has 1 aromatic carbocycles. The monoisotopic (exact) mass is 427 g/mol. The van der Waals surface area contributed by atoms with Crippen LogP contribution in [0.15, 0.2) is 42.6 Å². The molecule has 0 bridgehead atoms. The minimum absolute atomic E-state index is 0.0360. The Kier molecular flexibility index (Phi) is 5.44. The molecule has 6 nitrogen and oxygen atoms in total. The first kappa shape index (κ1) is 20.7. The standard InChI is InChI=1S/C26H29N5O/c1-16-25(30-24-8-3-18(14-27)15-29-24)22-13-21(19-9-11-28-12-10-19)6-7-23(22)31(17(2)32)26(16)20-4-5-20/h3,6-9,13,15-16,20,25-26,28H,4-5,10-12H2,1-2H3,(H,29,30)/t16-,25-,26+/m1/s1. The number of pyridine rings is 1. The van der Waals surface area contributed by atoms with Crippen molar-refractivity contribution in [2.75, 3.05) is 23.3 Å². The average Bonchev–Trinajstić information content (AvgIpc) is 3.66. The second kappa shape index (κ2) is 8.40. The third-order valence-electron chi connectivity index (χ3n) is 7.06. The molecule has 1 aliphatic carbocycles. The van der Waals surface area contributed by atoms with Crippen molar-refractivity contribution in [1.29, 1.82) is 5.26 Å². The Morgan fingerprint density at radius 2 is 2.12 bits per heavy atom. The number of carbonyl (C=O) groups is 1. The lowest BCUT2D eigenvalue weighted by Crippen LogP contribution is -2.51. The van der Waals surface area contributed by atoms with Gasteiger partial charge in [0.25, 0.3) is 0 Å². The van der Waals surface area contributed by atoms with Crippen LogP contribution < -0.4 is 15.5 Å². The largest absolute Gasteiger partial charge is 0.363 e. The van der Waals surface area contributed by atoms with Crippen LogP contribution in [-0.4, -0.2) is 30.0 Å². The molecule has 2 aromatic rings. The highest BCUT2D eigenvalue weighted by Crippen LogP contribution is 2.50. The van der Waals surface area contributed by atoms with Gasteiger partial charge in [0.1, 0.15) is 11.9 Å². The summed E-state index contributed by atoms with van der Waals surface area (Å²) in [6.45, 7) is 5.81. The number of nitrogens with one attached hydrogen (secondary N) is 2. The molecule has 2 N–H and O–H groups in total. The maximum atomic E-state index is 12.8. The highest BCUT2D eigenvalue weighted by atomic mass is 16.2. The number of benzene rings is 1. The average molecular weight is 428 g/mol. The Morgan fingerprint density at radius 3 is 2.75 bits per heavy atom. The fraction of sp³-hybridized carbons (Fsp3) is 0.423. The van der Waals surface area contributed by atoms with E-state index >= 15 is 0 Å². The van der Waals surface area contributed by atoms with E-state index in [1.807, 2.05) is 11.0 Å². The summed E-state index contributed by atoms with van der Waals surface area (Å²) in [6.07, 6.45) is 7.22. The van der Waals surface area contributed by atoms with Gasteiger partial charge in [0.05, 0.1) is 11.6 Å². The van der Waals surface area contributed by atoms with Gasteiger partial charge in [-0.2, -0.15) is 5.26 Å². The summed E-state index contributed by atoms with van der Waals surface area (Å²) in [7, 11) is 0. The highest BCUT2D eigenvalue weighted by Gasteiger charge is 2.47. The summed E-state index contributed by atoms with van der Waals surface area (Å²) < 4.78 is 0. The smallest absolute Gasteiger partial charge is 0.224 e. The lowest BCUT2D eigenvalue weighted by molar-refractivity contribution is -0.117. The van der Waals surface area contributed by atoms with E-state index < -0.39 is 0 Å². The van der Waals surface area contributed by atoms with Crippen molar-refractivity contribution in [3.05, 3.63) is 59.3 Å². The third kappa shape index (κ3) is 3.78. The Morgan fingerprint density at radius 1 is 1.28 bits per heavy atom. The van der Waals surface area contributed by atoms with Crippen LogP contribution in [0.4, 0.5) is 11.5 Å². The zero-order chi connectivity index (χ0) is 22.2. The van der Waals surface area contributed by atoms with Gasteiger partial charge in [0.15, 0.2) is 0 Å². The van der Waals surface area contributed by atoms with Crippen molar-refractivity contribution in [2.45, 2.75) is 45.2 Å². The maximum Gasteiger partial charge on any atom is 0.224 e. The number of hydrogen-bond acceptors (Lipinski definition) is 5. The lowest BCUT2D eigenvalue weighted by Gasteiger charge is -2.46. The molecule has 0 spiro atoms. The summed E-state index contributed by atoms with van der Waals surface area (Å²) in [5, 5.41) is 16.1. The van der Waals surface area contributed by atoms with E-state index in [9.17, 15) is 4.79 Å². The SMILES string of the molecule is CC(=O)N1c2ccc(C3=CCNCC3)cc2[C@H](Nc2ccc(C#N)cn2)[C@@H](C)[C@H]1C1CC1. The van der Waals surface area contributed by atoms with E-state index in [4.69, 9.17) is 5.26 Å². The summed E-state index contributed by atoms with van der Waals surface area (Å²) in [5.74, 6) is 1.64. The number of rotatable bonds is 4. The summed E-state index contributed by atoms with van der Waals surface area (Å²) in [5.41, 5.74) is 5.29. The molecule has 1 amide bonds. The Hall–Kier alpha value is -3.17. The molecule has 32 heavy (non-hydrogen) atoms. The third-order valence-corrected chi connectivity index (χ3v) is 7.06. The van der Waals surface area contributed by atoms with Gasteiger partial charge >= 0.3 is 0 Å². The number of carbonyl (C=O) groups excluding carboxylic acids is 1. The fourth-order valence-corrected chi connectivity index (χ4v) is 5.35. The van der Waals surface area contributed by atoms with Crippen LogP contribution in [-0.2, 0) is 4.79 Å². The molecular weight excluding hydrogens is 398 g/mol. The van der Waals surface area contributed by atoms with Gasteiger partial charge in [-0.1, -0.05) is 19.1 Å². The van der Waals surface area contributed by atoms with Gasteiger partial charge < -0.3 is 15.5 Å². The summed E-state index contributed by atoms with van der Waals surface area (Å²) >= 11 is 0.